The molecule has 0 aromatic heterocycles. The van der Waals surface area contributed by atoms with E-state index in [9.17, 15) is 23.2 Å². The summed E-state index contributed by atoms with van der Waals surface area (Å²) in [6.07, 6.45) is -5.41. The van der Waals surface area contributed by atoms with E-state index in [1.807, 2.05) is 37.3 Å². The first-order valence-electron chi connectivity index (χ1n) is 10.6. The maximum Gasteiger partial charge on any atom is 0.416 e. The van der Waals surface area contributed by atoms with Crippen molar-refractivity contribution in [3.63, 3.8) is 0 Å². The Balaban J connectivity index is 1.70. The molecule has 1 heterocycles. The van der Waals surface area contributed by atoms with E-state index in [4.69, 9.17) is 4.74 Å². The molecule has 1 unspecified atom stereocenters. The molecule has 0 saturated carbocycles. The van der Waals surface area contributed by atoms with Crippen molar-refractivity contribution in [3.05, 3.63) is 107 Å². The minimum atomic E-state index is -4.81. The summed E-state index contributed by atoms with van der Waals surface area (Å²) in [7, 11) is 0. The first kappa shape index (κ1) is 23.1. The lowest BCUT2D eigenvalue weighted by Crippen LogP contribution is -2.58. The smallest absolute Gasteiger partial charge is 0.416 e. The van der Waals surface area contributed by atoms with Gasteiger partial charge in [-0.3, -0.25) is 4.79 Å². The summed E-state index contributed by atoms with van der Waals surface area (Å²) >= 11 is 0. The van der Waals surface area contributed by atoms with Crippen molar-refractivity contribution >= 4 is 11.5 Å². The summed E-state index contributed by atoms with van der Waals surface area (Å²) < 4.78 is 49.4. The van der Waals surface area contributed by atoms with Crippen molar-refractivity contribution < 1.29 is 22.7 Å². The summed E-state index contributed by atoms with van der Waals surface area (Å²) in [6, 6.07) is 23.4. The van der Waals surface area contributed by atoms with E-state index in [0.29, 0.717) is 11.3 Å². The molecule has 1 aliphatic heterocycles. The number of ether oxygens (including phenoxy) is 1. The van der Waals surface area contributed by atoms with E-state index in [1.165, 1.54) is 24.3 Å². The van der Waals surface area contributed by atoms with Crippen LogP contribution in [0.2, 0.25) is 0 Å². The second-order valence-corrected chi connectivity index (χ2v) is 8.16. The molecule has 1 N–H and O–H groups in total. The number of halogens is 3. The molecule has 4 nitrogen and oxygen atoms in total. The van der Waals surface area contributed by atoms with Gasteiger partial charge in [0.2, 0.25) is 0 Å². The van der Waals surface area contributed by atoms with E-state index in [0.717, 1.165) is 11.1 Å². The molecule has 3 aromatic rings. The number of carbonyl (C=O) groups is 1. The van der Waals surface area contributed by atoms with Crippen LogP contribution in [0, 0.1) is 18.3 Å². The van der Waals surface area contributed by atoms with Gasteiger partial charge in [0.25, 0.3) is 5.91 Å². The highest BCUT2D eigenvalue weighted by molar-refractivity contribution is 6.07. The molecule has 0 fully saturated rings. The van der Waals surface area contributed by atoms with Crippen molar-refractivity contribution in [1.29, 1.82) is 5.26 Å². The summed E-state index contributed by atoms with van der Waals surface area (Å²) in [5.74, 6) is -0.648. The molecule has 0 radical (unpaired) electrons. The third kappa shape index (κ3) is 4.40. The molecule has 4 rings (SSSR count). The zero-order valence-corrected chi connectivity index (χ0v) is 18.3. The molecule has 3 aromatic carbocycles. The van der Waals surface area contributed by atoms with Crippen molar-refractivity contribution in [1.82, 2.24) is 5.32 Å². The number of rotatable bonds is 5. The van der Waals surface area contributed by atoms with E-state index in [1.54, 1.807) is 30.3 Å². The van der Waals surface area contributed by atoms with Gasteiger partial charge >= 0.3 is 6.18 Å². The minimum Gasteiger partial charge on any atom is -0.489 e. The Hall–Kier alpha value is -4.05. The van der Waals surface area contributed by atoms with Crippen LogP contribution in [-0.4, -0.2) is 12.1 Å². The van der Waals surface area contributed by atoms with Gasteiger partial charge in [0.15, 0.2) is 5.54 Å². The maximum absolute atomic E-state index is 14.6. The van der Waals surface area contributed by atoms with Crippen molar-refractivity contribution in [2.45, 2.75) is 31.7 Å². The van der Waals surface area contributed by atoms with Crippen LogP contribution >= 0.6 is 0 Å². The molecular weight excluding hydrogens is 441 g/mol. The van der Waals surface area contributed by atoms with E-state index in [-0.39, 0.29) is 23.3 Å². The Kier molecular flexibility index (Phi) is 6.16. The fourth-order valence-electron chi connectivity index (χ4n) is 4.00. The Morgan fingerprint density at radius 3 is 2.24 bits per heavy atom. The van der Waals surface area contributed by atoms with Gasteiger partial charge in [-0.15, -0.1) is 0 Å². The normalized spacial score (nSPS) is 18.3. The molecule has 34 heavy (non-hydrogen) atoms. The van der Waals surface area contributed by atoms with Crippen LogP contribution in [0.3, 0.4) is 0 Å². The van der Waals surface area contributed by atoms with E-state index < -0.39 is 24.0 Å². The quantitative estimate of drug-likeness (QED) is 0.519. The van der Waals surface area contributed by atoms with Crippen LogP contribution in [0.25, 0.3) is 5.57 Å². The number of nitriles is 1. The summed E-state index contributed by atoms with van der Waals surface area (Å²) in [4.78, 5) is 12.7. The number of amides is 1. The average molecular weight is 462 g/mol. The molecule has 0 aliphatic carbocycles. The van der Waals surface area contributed by atoms with Gasteiger partial charge in [-0.1, -0.05) is 72.3 Å². The zero-order chi connectivity index (χ0) is 24.3. The van der Waals surface area contributed by atoms with Crippen LogP contribution in [0.15, 0.2) is 84.4 Å². The van der Waals surface area contributed by atoms with Gasteiger partial charge in [-0.2, -0.15) is 18.4 Å². The summed E-state index contributed by atoms with van der Waals surface area (Å²) in [6.45, 7) is 2.12. The second kappa shape index (κ2) is 9.06. The molecule has 0 saturated heterocycles. The van der Waals surface area contributed by atoms with Crippen LogP contribution in [0.1, 0.15) is 28.7 Å². The van der Waals surface area contributed by atoms with Gasteiger partial charge in [-0.25, -0.2) is 0 Å². The molecule has 172 valence electrons. The molecule has 1 atom stereocenters. The topological polar surface area (TPSA) is 62.1 Å². The minimum absolute atomic E-state index is 0.0629. The average Bonchev–Trinajstić information content (AvgIpc) is 2.83. The van der Waals surface area contributed by atoms with Crippen LogP contribution in [0.4, 0.5) is 13.2 Å². The standard InChI is InChI=1S/C27H21F3N2O2/c1-18-7-9-20(10-8-18)23-15-26(27(28,29)30,32-25(33)24(23)16-31)21-11-13-22(14-12-21)34-17-19-5-3-2-4-6-19/h2-14H,15,17H2,1H3,(H,32,33). The predicted octanol–water partition coefficient (Wildman–Crippen LogP) is 5.83. The van der Waals surface area contributed by atoms with Crippen molar-refractivity contribution in [2.24, 2.45) is 0 Å². The van der Waals surface area contributed by atoms with Gasteiger partial charge in [0, 0.05) is 6.42 Å². The SMILES string of the molecule is Cc1ccc(C2=C(C#N)C(=O)NC(c3ccc(OCc4ccccc4)cc3)(C(F)(F)F)C2)cc1. The highest BCUT2D eigenvalue weighted by Gasteiger charge is 2.59. The lowest BCUT2D eigenvalue weighted by Gasteiger charge is -2.40. The van der Waals surface area contributed by atoms with Gasteiger partial charge in [0.05, 0.1) is 0 Å². The Labute approximate surface area is 195 Å². The van der Waals surface area contributed by atoms with Crippen molar-refractivity contribution in [3.8, 4) is 11.8 Å². The number of hydrogen-bond donors (Lipinski definition) is 1. The number of benzene rings is 3. The van der Waals surface area contributed by atoms with Crippen molar-refractivity contribution in [2.75, 3.05) is 0 Å². The number of carbonyl (C=O) groups excluding carboxylic acids is 1. The van der Waals surface area contributed by atoms with Crippen LogP contribution in [-0.2, 0) is 16.9 Å². The largest absolute Gasteiger partial charge is 0.489 e. The fourth-order valence-corrected chi connectivity index (χ4v) is 4.00. The molecule has 1 amide bonds. The Morgan fingerprint density at radius 2 is 1.65 bits per heavy atom. The highest BCUT2D eigenvalue weighted by atomic mass is 19.4. The zero-order valence-electron chi connectivity index (χ0n) is 18.3. The van der Waals surface area contributed by atoms with E-state index >= 15 is 0 Å². The molecule has 7 heteroatoms. The summed E-state index contributed by atoms with van der Waals surface area (Å²) in [5.41, 5.74) is -0.816. The first-order valence-corrected chi connectivity index (χ1v) is 10.6. The molecule has 0 spiro atoms. The molecule has 0 bridgehead atoms. The predicted molar refractivity (Wildman–Crippen MR) is 121 cm³/mol. The fraction of sp³-hybridized carbons (Fsp3) is 0.185. The third-order valence-corrected chi connectivity index (χ3v) is 5.89. The number of hydrogen-bond acceptors (Lipinski definition) is 3. The molecule has 1 aliphatic rings. The second-order valence-electron chi connectivity index (χ2n) is 8.16. The van der Waals surface area contributed by atoms with Gasteiger partial charge in [-0.05, 0) is 41.3 Å². The number of nitrogens with zero attached hydrogens (tertiary/aromatic N) is 1. The number of nitrogens with one attached hydrogen (secondary N) is 1. The third-order valence-electron chi connectivity index (χ3n) is 5.89. The Bertz CT molecular complexity index is 1260. The number of alkyl halides is 3. The monoisotopic (exact) mass is 462 g/mol. The van der Waals surface area contributed by atoms with Gasteiger partial charge in [0.1, 0.15) is 24.0 Å². The summed E-state index contributed by atoms with van der Waals surface area (Å²) in [5, 5.41) is 11.6. The van der Waals surface area contributed by atoms with Crippen LogP contribution < -0.4 is 10.1 Å². The lowest BCUT2D eigenvalue weighted by molar-refractivity contribution is -0.201. The van der Waals surface area contributed by atoms with Gasteiger partial charge < -0.3 is 10.1 Å². The lowest BCUT2D eigenvalue weighted by atomic mass is 9.76. The number of aryl methyl sites for hydroxylation is 1. The first-order chi connectivity index (χ1) is 16.2. The Morgan fingerprint density at radius 1 is 1.00 bits per heavy atom. The van der Waals surface area contributed by atoms with Crippen LogP contribution in [0.5, 0.6) is 5.75 Å². The molecular formula is C27H21F3N2O2. The highest BCUT2D eigenvalue weighted by Crippen LogP contribution is 2.48. The maximum atomic E-state index is 14.6. The van der Waals surface area contributed by atoms with E-state index in [2.05, 4.69) is 5.32 Å².